The third-order valence-corrected chi connectivity index (χ3v) is 6.05. The van der Waals surface area contributed by atoms with Gasteiger partial charge in [0.2, 0.25) is 15.9 Å². The van der Waals surface area contributed by atoms with Gasteiger partial charge >= 0.3 is 0 Å². The highest BCUT2D eigenvalue weighted by molar-refractivity contribution is 7.92. The number of benzene rings is 1. The number of piperazine rings is 1. The Balaban J connectivity index is 2.37. The SMILES string of the molecule is CC[C@@H](C(=O)N1CCN(C)CC1)N(c1ccc(C)c(C)c1)S(C)(=O)=O. The van der Waals surface area contributed by atoms with Gasteiger partial charge in [0.15, 0.2) is 0 Å². The van der Waals surface area contributed by atoms with Gasteiger partial charge in [-0.1, -0.05) is 13.0 Å². The number of carbonyl (C=O) groups excluding carboxylic acids is 1. The molecular weight excluding hydrogens is 338 g/mol. The van der Waals surface area contributed by atoms with Crippen LogP contribution in [0, 0.1) is 13.8 Å². The van der Waals surface area contributed by atoms with E-state index < -0.39 is 16.1 Å². The van der Waals surface area contributed by atoms with E-state index in [4.69, 9.17) is 0 Å². The van der Waals surface area contributed by atoms with E-state index in [-0.39, 0.29) is 5.91 Å². The molecule has 1 amide bonds. The van der Waals surface area contributed by atoms with Crippen molar-refractivity contribution in [3.05, 3.63) is 29.3 Å². The molecule has 140 valence electrons. The summed E-state index contributed by atoms with van der Waals surface area (Å²) < 4.78 is 26.3. The Morgan fingerprint density at radius 2 is 1.76 bits per heavy atom. The molecule has 7 heteroatoms. The van der Waals surface area contributed by atoms with E-state index in [9.17, 15) is 13.2 Å². The van der Waals surface area contributed by atoms with Crippen molar-refractivity contribution >= 4 is 21.6 Å². The van der Waals surface area contributed by atoms with Gasteiger partial charge < -0.3 is 9.80 Å². The third kappa shape index (κ3) is 4.52. The zero-order chi connectivity index (χ0) is 18.8. The topological polar surface area (TPSA) is 60.9 Å². The van der Waals surface area contributed by atoms with Crippen molar-refractivity contribution in [2.75, 3.05) is 43.8 Å². The number of likely N-dealkylation sites (N-methyl/N-ethyl adjacent to an activating group) is 1. The predicted molar refractivity (Wildman–Crippen MR) is 101 cm³/mol. The van der Waals surface area contributed by atoms with Crippen molar-refractivity contribution in [2.24, 2.45) is 0 Å². The van der Waals surface area contributed by atoms with Crippen LogP contribution in [0.4, 0.5) is 5.69 Å². The largest absolute Gasteiger partial charge is 0.338 e. The van der Waals surface area contributed by atoms with Crippen molar-refractivity contribution in [1.29, 1.82) is 0 Å². The molecule has 1 aromatic carbocycles. The fourth-order valence-corrected chi connectivity index (χ4v) is 4.34. The van der Waals surface area contributed by atoms with Crippen molar-refractivity contribution in [2.45, 2.75) is 33.2 Å². The van der Waals surface area contributed by atoms with Crippen LogP contribution in [-0.4, -0.2) is 69.6 Å². The van der Waals surface area contributed by atoms with Crippen LogP contribution in [-0.2, 0) is 14.8 Å². The first-order valence-corrected chi connectivity index (χ1v) is 10.5. The second-order valence-electron chi connectivity index (χ2n) is 6.88. The van der Waals surface area contributed by atoms with Gasteiger partial charge in [-0.25, -0.2) is 8.42 Å². The minimum Gasteiger partial charge on any atom is -0.338 e. The van der Waals surface area contributed by atoms with Gasteiger partial charge in [0.25, 0.3) is 0 Å². The van der Waals surface area contributed by atoms with Crippen LogP contribution in [0.5, 0.6) is 0 Å². The first kappa shape index (κ1) is 19.7. The van der Waals surface area contributed by atoms with Gasteiger partial charge in [0, 0.05) is 26.2 Å². The molecule has 1 fully saturated rings. The summed E-state index contributed by atoms with van der Waals surface area (Å²) in [4.78, 5) is 17.0. The number of hydrogen-bond acceptors (Lipinski definition) is 4. The van der Waals surface area contributed by atoms with Gasteiger partial charge in [-0.2, -0.15) is 0 Å². The lowest BCUT2D eigenvalue weighted by Crippen LogP contribution is -2.55. The van der Waals surface area contributed by atoms with Crippen LogP contribution in [0.3, 0.4) is 0 Å². The molecule has 0 aliphatic carbocycles. The number of hydrogen-bond donors (Lipinski definition) is 0. The van der Waals surface area contributed by atoms with Gasteiger partial charge in [-0.05, 0) is 50.6 Å². The number of anilines is 1. The fourth-order valence-electron chi connectivity index (χ4n) is 3.14. The summed E-state index contributed by atoms with van der Waals surface area (Å²) >= 11 is 0. The van der Waals surface area contributed by atoms with Crippen LogP contribution >= 0.6 is 0 Å². The number of nitrogens with zero attached hydrogens (tertiary/aromatic N) is 3. The summed E-state index contributed by atoms with van der Waals surface area (Å²) in [6, 6.07) is 4.82. The standard InChI is InChI=1S/C18H29N3O3S/c1-6-17(18(22)20-11-9-19(4)10-12-20)21(25(5,23)24)16-8-7-14(2)15(3)13-16/h7-8,13,17H,6,9-12H2,1-5H3/t17-/m0/s1. The molecule has 0 saturated carbocycles. The number of aryl methyl sites for hydroxylation is 2. The van der Waals surface area contributed by atoms with E-state index in [0.29, 0.717) is 25.2 Å². The number of amides is 1. The van der Waals surface area contributed by atoms with Crippen molar-refractivity contribution in [1.82, 2.24) is 9.80 Å². The summed E-state index contributed by atoms with van der Waals surface area (Å²) in [7, 11) is -1.55. The molecule has 1 heterocycles. The van der Waals surface area contributed by atoms with Crippen LogP contribution in [0.25, 0.3) is 0 Å². The van der Waals surface area contributed by atoms with E-state index in [1.54, 1.807) is 11.0 Å². The van der Waals surface area contributed by atoms with E-state index in [1.165, 1.54) is 10.6 Å². The van der Waals surface area contributed by atoms with Crippen molar-refractivity contribution in [3.63, 3.8) is 0 Å². The summed E-state index contributed by atoms with van der Waals surface area (Å²) in [5.74, 6) is -0.112. The molecule has 0 bridgehead atoms. The number of rotatable bonds is 5. The summed E-state index contributed by atoms with van der Waals surface area (Å²) in [6.45, 7) is 8.68. The lowest BCUT2D eigenvalue weighted by Gasteiger charge is -2.38. The van der Waals surface area contributed by atoms with E-state index in [1.807, 2.05) is 40.0 Å². The first-order chi connectivity index (χ1) is 11.6. The van der Waals surface area contributed by atoms with E-state index in [0.717, 1.165) is 24.2 Å². The zero-order valence-electron chi connectivity index (χ0n) is 15.8. The Kier molecular flexibility index (Phi) is 6.11. The third-order valence-electron chi connectivity index (χ3n) is 4.87. The molecular formula is C18H29N3O3S. The molecule has 1 atom stereocenters. The average molecular weight is 368 g/mol. The molecule has 0 unspecified atom stereocenters. The van der Waals surface area contributed by atoms with Gasteiger partial charge in [-0.15, -0.1) is 0 Å². The smallest absolute Gasteiger partial charge is 0.246 e. The Hall–Kier alpha value is -1.60. The molecule has 1 aliphatic heterocycles. The second kappa shape index (κ2) is 7.74. The maximum absolute atomic E-state index is 13.1. The van der Waals surface area contributed by atoms with Crippen LogP contribution in [0.2, 0.25) is 0 Å². The Bertz CT molecular complexity index is 725. The summed E-state index contributed by atoms with van der Waals surface area (Å²) in [5.41, 5.74) is 2.66. The zero-order valence-corrected chi connectivity index (χ0v) is 16.6. The Morgan fingerprint density at radius 1 is 1.16 bits per heavy atom. The van der Waals surface area contributed by atoms with Crippen LogP contribution in [0.1, 0.15) is 24.5 Å². The van der Waals surface area contributed by atoms with E-state index in [2.05, 4.69) is 4.90 Å². The molecule has 25 heavy (non-hydrogen) atoms. The predicted octanol–water partition coefficient (Wildman–Crippen LogP) is 1.62. The molecule has 1 aliphatic rings. The first-order valence-electron chi connectivity index (χ1n) is 8.69. The van der Waals surface area contributed by atoms with Gasteiger partial charge in [0.05, 0.1) is 11.9 Å². The fraction of sp³-hybridized carbons (Fsp3) is 0.611. The number of carbonyl (C=O) groups is 1. The molecule has 0 spiro atoms. The molecule has 1 aromatic rings. The molecule has 2 rings (SSSR count). The quantitative estimate of drug-likeness (QED) is 0.793. The monoisotopic (exact) mass is 367 g/mol. The molecule has 6 nitrogen and oxygen atoms in total. The summed E-state index contributed by atoms with van der Waals surface area (Å²) in [6.07, 6.45) is 1.60. The average Bonchev–Trinajstić information content (AvgIpc) is 2.54. The maximum atomic E-state index is 13.1. The molecule has 1 saturated heterocycles. The van der Waals surface area contributed by atoms with Gasteiger partial charge in [-0.3, -0.25) is 9.10 Å². The lowest BCUT2D eigenvalue weighted by molar-refractivity contribution is -0.134. The van der Waals surface area contributed by atoms with E-state index >= 15 is 0 Å². The summed E-state index contributed by atoms with van der Waals surface area (Å²) in [5, 5.41) is 0. The lowest BCUT2D eigenvalue weighted by atomic mass is 10.1. The Labute approximate surface area is 151 Å². The normalized spacial score (nSPS) is 17.4. The molecule has 0 radical (unpaired) electrons. The minimum atomic E-state index is -3.58. The molecule has 0 aromatic heterocycles. The minimum absolute atomic E-state index is 0.112. The highest BCUT2D eigenvalue weighted by atomic mass is 32.2. The maximum Gasteiger partial charge on any atom is 0.246 e. The highest BCUT2D eigenvalue weighted by Crippen LogP contribution is 2.26. The van der Waals surface area contributed by atoms with Crippen molar-refractivity contribution < 1.29 is 13.2 Å². The second-order valence-corrected chi connectivity index (χ2v) is 8.74. The van der Waals surface area contributed by atoms with Crippen LogP contribution < -0.4 is 4.31 Å². The number of sulfonamides is 1. The van der Waals surface area contributed by atoms with Crippen LogP contribution in [0.15, 0.2) is 18.2 Å². The van der Waals surface area contributed by atoms with Gasteiger partial charge in [0.1, 0.15) is 6.04 Å². The van der Waals surface area contributed by atoms with Crippen molar-refractivity contribution in [3.8, 4) is 0 Å². The molecule has 0 N–H and O–H groups in total. The Morgan fingerprint density at radius 3 is 2.24 bits per heavy atom. The highest BCUT2D eigenvalue weighted by Gasteiger charge is 2.35.